The number of rotatable bonds is 7. The van der Waals surface area contributed by atoms with Crippen LogP contribution in [0.15, 0.2) is 12.1 Å². The molecule has 0 aliphatic carbocycles. The minimum Gasteiger partial charge on any atom is -0.493 e. The van der Waals surface area contributed by atoms with Gasteiger partial charge in [0.05, 0.1) is 19.3 Å². The SMILES string of the molecule is COc1cc(Cl)cc(CCN)c1OCCOC(C)(C)C. The lowest BCUT2D eigenvalue weighted by atomic mass is 10.1. The Kier molecular flexibility index (Phi) is 6.59. The summed E-state index contributed by atoms with van der Waals surface area (Å²) in [6, 6.07) is 3.60. The van der Waals surface area contributed by atoms with Crippen LogP contribution in [-0.4, -0.2) is 32.5 Å². The molecular formula is C15H24ClNO3. The largest absolute Gasteiger partial charge is 0.493 e. The zero-order chi connectivity index (χ0) is 15.2. The Morgan fingerprint density at radius 2 is 1.90 bits per heavy atom. The van der Waals surface area contributed by atoms with Crippen LogP contribution in [0.25, 0.3) is 0 Å². The van der Waals surface area contributed by atoms with Crippen LogP contribution in [0.2, 0.25) is 5.02 Å². The summed E-state index contributed by atoms with van der Waals surface area (Å²) in [5.74, 6) is 1.32. The predicted molar refractivity (Wildman–Crippen MR) is 82.0 cm³/mol. The topological polar surface area (TPSA) is 53.7 Å². The van der Waals surface area contributed by atoms with Gasteiger partial charge in [0.2, 0.25) is 0 Å². The Morgan fingerprint density at radius 1 is 1.20 bits per heavy atom. The Morgan fingerprint density at radius 3 is 2.45 bits per heavy atom. The van der Waals surface area contributed by atoms with Crippen molar-refractivity contribution in [3.05, 3.63) is 22.7 Å². The van der Waals surface area contributed by atoms with Gasteiger partial charge in [-0.1, -0.05) is 11.6 Å². The fraction of sp³-hybridized carbons (Fsp3) is 0.600. The van der Waals surface area contributed by atoms with Crippen molar-refractivity contribution < 1.29 is 14.2 Å². The van der Waals surface area contributed by atoms with Crippen LogP contribution >= 0.6 is 11.6 Å². The number of halogens is 1. The fourth-order valence-electron chi connectivity index (χ4n) is 1.77. The molecule has 0 spiro atoms. The highest BCUT2D eigenvalue weighted by atomic mass is 35.5. The van der Waals surface area contributed by atoms with E-state index < -0.39 is 0 Å². The number of hydrogen-bond donors (Lipinski definition) is 1. The van der Waals surface area contributed by atoms with Crippen molar-refractivity contribution in [1.29, 1.82) is 0 Å². The third-order valence-corrected chi connectivity index (χ3v) is 2.81. The lowest BCUT2D eigenvalue weighted by molar-refractivity contribution is -0.0166. The van der Waals surface area contributed by atoms with Gasteiger partial charge in [0, 0.05) is 16.7 Å². The molecule has 0 heterocycles. The summed E-state index contributed by atoms with van der Waals surface area (Å²) < 4.78 is 16.7. The second kappa shape index (κ2) is 7.72. The molecule has 5 heteroatoms. The van der Waals surface area contributed by atoms with Gasteiger partial charge in [0.25, 0.3) is 0 Å². The van der Waals surface area contributed by atoms with Gasteiger partial charge in [-0.2, -0.15) is 0 Å². The second-order valence-corrected chi connectivity index (χ2v) is 5.88. The molecule has 0 aromatic heterocycles. The molecule has 0 aliphatic heterocycles. The first kappa shape index (κ1) is 17.1. The van der Waals surface area contributed by atoms with Gasteiger partial charge in [0.15, 0.2) is 11.5 Å². The van der Waals surface area contributed by atoms with E-state index in [0.717, 1.165) is 5.56 Å². The Bertz CT molecular complexity index is 430. The van der Waals surface area contributed by atoms with Gasteiger partial charge in [-0.25, -0.2) is 0 Å². The first-order chi connectivity index (χ1) is 9.37. The second-order valence-electron chi connectivity index (χ2n) is 5.44. The van der Waals surface area contributed by atoms with Crippen LogP contribution in [0.1, 0.15) is 26.3 Å². The maximum Gasteiger partial charge on any atom is 0.164 e. The minimum atomic E-state index is -0.173. The van der Waals surface area contributed by atoms with Crippen molar-refractivity contribution in [3.8, 4) is 11.5 Å². The first-order valence-electron chi connectivity index (χ1n) is 6.70. The molecule has 1 aromatic rings. The van der Waals surface area contributed by atoms with Crippen LogP contribution in [0.3, 0.4) is 0 Å². The lowest BCUT2D eigenvalue weighted by Crippen LogP contribution is -2.22. The highest BCUT2D eigenvalue weighted by Crippen LogP contribution is 2.35. The van der Waals surface area contributed by atoms with Crippen molar-refractivity contribution in [2.75, 3.05) is 26.9 Å². The summed E-state index contributed by atoms with van der Waals surface area (Å²) in [4.78, 5) is 0. The molecule has 0 saturated carbocycles. The zero-order valence-electron chi connectivity index (χ0n) is 12.7. The van der Waals surface area contributed by atoms with Crippen LogP contribution < -0.4 is 15.2 Å². The third-order valence-electron chi connectivity index (χ3n) is 2.59. The van der Waals surface area contributed by atoms with Crippen LogP contribution in [0.4, 0.5) is 0 Å². The quantitative estimate of drug-likeness (QED) is 0.787. The average Bonchev–Trinajstić information content (AvgIpc) is 2.35. The van der Waals surface area contributed by atoms with Crippen LogP contribution in [0.5, 0.6) is 11.5 Å². The van der Waals surface area contributed by atoms with E-state index in [1.807, 2.05) is 26.8 Å². The molecule has 4 nitrogen and oxygen atoms in total. The Labute approximate surface area is 126 Å². The molecule has 0 aliphatic rings. The van der Waals surface area contributed by atoms with E-state index in [0.29, 0.717) is 42.7 Å². The molecular weight excluding hydrogens is 278 g/mol. The monoisotopic (exact) mass is 301 g/mol. The van der Waals surface area contributed by atoms with Crippen LogP contribution in [0, 0.1) is 0 Å². The highest BCUT2D eigenvalue weighted by molar-refractivity contribution is 6.30. The lowest BCUT2D eigenvalue weighted by Gasteiger charge is -2.20. The van der Waals surface area contributed by atoms with Gasteiger partial charge >= 0.3 is 0 Å². The zero-order valence-corrected chi connectivity index (χ0v) is 13.4. The minimum absolute atomic E-state index is 0.173. The molecule has 0 amide bonds. The van der Waals surface area contributed by atoms with Gasteiger partial charge in [-0.15, -0.1) is 0 Å². The molecule has 0 unspecified atom stereocenters. The summed E-state index contributed by atoms with van der Waals surface area (Å²) in [7, 11) is 1.59. The van der Waals surface area contributed by atoms with Crippen molar-refractivity contribution in [1.82, 2.24) is 0 Å². The summed E-state index contributed by atoms with van der Waals surface area (Å²) in [6.45, 7) is 7.52. The molecule has 0 radical (unpaired) electrons. The van der Waals surface area contributed by atoms with E-state index in [1.165, 1.54) is 0 Å². The van der Waals surface area contributed by atoms with Crippen molar-refractivity contribution in [3.63, 3.8) is 0 Å². The van der Waals surface area contributed by atoms with E-state index in [2.05, 4.69) is 0 Å². The first-order valence-corrected chi connectivity index (χ1v) is 7.08. The van der Waals surface area contributed by atoms with Gasteiger partial charge in [0.1, 0.15) is 6.61 Å². The van der Waals surface area contributed by atoms with Crippen molar-refractivity contribution >= 4 is 11.6 Å². The van der Waals surface area contributed by atoms with E-state index in [4.69, 9.17) is 31.5 Å². The molecule has 20 heavy (non-hydrogen) atoms. The number of hydrogen-bond acceptors (Lipinski definition) is 4. The summed E-state index contributed by atoms with van der Waals surface area (Å²) >= 11 is 6.06. The normalized spacial score (nSPS) is 11.5. The molecule has 114 valence electrons. The highest BCUT2D eigenvalue weighted by Gasteiger charge is 2.14. The van der Waals surface area contributed by atoms with E-state index >= 15 is 0 Å². The Hall–Kier alpha value is -0.970. The summed E-state index contributed by atoms with van der Waals surface area (Å²) in [6.07, 6.45) is 0.687. The molecule has 1 aromatic carbocycles. The Balaban J connectivity index is 2.76. The molecule has 0 bridgehead atoms. The number of methoxy groups -OCH3 is 1. The standard InChI is InChI=1S/C15H24ClNO3/c1-15(2,3)20-8-7-19-14-11(5-6-17)9-12(16)10-13(14)18-4/h9-10H,5-8,17H2,1-4H3. The van der Waals surface area contributed by atoms with Gasteiger partial charge in [-0.05, 0) is 39.8 Å². The van der Waals surface area contributed by atoms with Crippen molar-refractivity contribution in [2.45, 2.75) is 32.8 Å². The van der Waals surface area contributed by atoms with E-state index in [-0.39, 0.29) is 5.60 Å². The van der Waals surface area contributed by atoms with E-state index in [9.17, 15) is 0 Å². The van der Waals surface area contributed by atoms with Crippen molar-refractivity contribution in [2.24, 2.45) is 5.73 Å². The van der Waals surface area contributed by atoms with Crippen LogP contribution in [-0.2, 0) is 11.2 Å². The predicted octanol–water partition coefficient (Wildman–Crippen LogP) is 3.04. The average molecular weight is 302 g/mol. The molecule has 0 saturated heterocycles. The smallest absolute Gasteiger partial charge is 0.164 e. The summed E-state index contributed by atoms with van der Waals surface area (Å²) in [5, 5.41) is 0.614. The maximum absolute atomic E-state index is 6.06. The summed E-state index contributed by atoms with van der Waals surface area (Å²) in [5.41, 5.74) is 6.40. The number of benzene rings is 1. The van der Waals surface area contributed by atoms with Gasteiger partial charge < -0.3 is 19.9 Å². The van der Waals surface area contributed by atoms with Gasteiger partial charge in [-0.3, -0.25) is 0 Å². The number of ether oxygens (including phenoxy) is 3. The molecule has 2 N–H and O–H groups in total. The fourth-order valence-corrected chi connectivity index (χ4v) is 2.00. The number of nitrogens with two attached hydrogens (primary N) is 1. The maximum atomic E-state index is 6.06. The molecule has 0 atom stereocenters. The molecule has 1 rings (SSSR count). The molecule has 0 fully saturated rings. The van der Waals surface area contributed by atoms with E-state index in [1.54, 1.807) is 13.2 Å². The third kappa shape index (κ3) is 5.57.